The molecule has 2 aromatic heterocycles. The summed E-state index contributed by atoms with van der Waals surface area (Å²) in [5.74, 6) is 1.33. The van der Waals surface area contributed by atoms with Gasteiger partial charge in [-0.1, -0.05) is 29.5 Å². The van der Waals surface area contributed by atoms with Crippen molar-refractivity contribution in [2.45, 2.75) is 19.9 Å². The first kappa shape index (κ1) is 25.3. The summed E-state index contributed by atoms with van der Waals surface area (Å²) in [5.41, 5.74) is 1.45. The molecule has 2 aromatic carbocycles. The normalized spacial score (nSPS) is 16.1. The molecule has 0 radical (unpaired) electrons. The van der Waals surface area contributed by atoms with E-state index in [2.05, 4.69) is 4.99 Å². The van der Waals surface area contributed by atoms with Crippen LogP contribution in [0.4, 0.5) is 5.69 Å². The summed E-state index contributed by atoms with van der Waals surface area (Å²) in [7, 11) is 0. The number of nitro groups is 1. The van der Waals surface area contributed by atoms with E-state index in [-0.39, 0.29) is 30.2 Å². The fourth-order valence-corrected chi connectivity index (χ4v) is 5.70. The van der Waals surface area contributed by atoms with E-state index in [0.29, 0.717) is 49.2 Å². The number of nitro benzene ring substituents is 1. The van der Waals surface area contributed by atoms with Crippen molar-refractivity contribution in [2.75, 3.05) is 13.4 Å². The minimum Gasteiger partial charge on any atom is -0.463 e. The minimum atomic E-state index is -0.802. The molecule has 0 unspecified atom stereocenters. The summed E-state index contributed by atoms with van der Waals surface area (Å²) in [4.78, 5) is 42.5. The first-order valence-electron chi connectivity index (χ1n) is 12.3. The highest BCUT2D eigenvalue weighted by Gasteiger charge is 2.34. The van der Waals surface area contributed by atoms with Crippen LogP contribution in [-0.2, 0) is 9.53 Å². The summed E-state index contributed by atoms with van der Waals surface area (Å²) in [6.07, 6.45) is 1.59. The number of nitrogens with zero attached hydrogens (tertiary/aromatic N) is 3. The van der Waals surface area contributed by atoms with Crippen molar-refractivity contribution in [3.05, 3.63) is 107 Å². The average Bonchev–Trinajstić information content (AvgIpc) is 3.67. The van der Waals surface area contributed by atoms with Crippen molar-refractivity contribution in [3.8, 4) is 22.8 Å². The molecule has 40 heavy (non-hydrogen) atoms. The highest BCUT2D eigenvalue weighted by atomic mass is 32.1. The summed E-state index contributed by atoms with van der Waals surface area (Å²) in [6, 6.07) is 13.9. The van der Waals surface area contributed by atoms with Crippen LogP contribution in [0, 0.1) is 10.1 Å². The number of rotatable bonds is 6. The molecule has 2 aliphatic heterocycles. The molecular formula is C28H21N3O8S. The van der Waals surface area contributed by atoms with Crippen LogP contribution in [0.2, 0.25) is 0 Å². The van der Waals surface area contributed by atoms with Crippen LogP contribution in [0.25, 0.3) is 17.4 Å². The van der Waals surface area contributed by atoms with Gasteiger partial charge in [0.05, 0.1) is 33.4 Å². The fraction of sp³-hybridized carbons (Fsp3) is 0.179. The van der Waals surface area contributed by atoms with Crippen LogP contribution < -0.4 is 24.4 Å². The Morgan fingerprint density at radius 3 is 2.83 bits per heavy atom. The molecule has 2 aliphatic rings. The second-order valence-corrected chi connectivity index (χ2v) is 9.93. The van der Waals surface area contributed by atoms with E-state index >= 15 is 0 Å². The Hall–Kier alpha value is -4.97. The molecule has 0 fully saturated rings. The number of aromatic nitrogens is 1. The monoisotopic (exact) mass is 559 g/mol. The zero-order valence-corrected chi connectivity index (χ0v) is 22.1. The molecule has 4 heterocycles. The predicted octanol–water partition coefficient (Wildman–Crippen LogP) is 3.70. The molecule has 0 N–H and O–H groups in total. The van der Waals surface area contributed by atoms with Crippen molar-refractivity contribution >= 4 is 29.1 Å². The Bertz CT molecular complexity index is 1900. The Kier molecular flexibility index (Phi) is 6.31. The molecular weight excluding hydrogens is 538 g/mol. The molecule has 0 spiro atoms. The number of allylic oxidation sites excluding steroid dienone is 1. The minimum absolute atomic E-state index is 0.0555. The SMILES string of the molecule is CCOC(=O)C1=C(C)N=c2s/c(=C\c3ccc(-c4cccc([N+](=O)[O-])c4)o3)c(=O)n2[C@@H]1c1ccc2c(c1)OCO2. The maximum atomic E-state index is 13.8. The second-order valence-electron chi connectivity index (χ2n) is 8.92. The lowest BCUT2D eigenvalue weighted by Gasteiger charge is -2.24. The third kappa shape index (κ3) is 4.37. The number of carbonyl (C=O) groups excluding carboxylic acids is 1. The zero-order valence-electron chi connectivity index (χ0n) is 21.3. The second kappa shape index (κ2) is 9.97. The van der Waals surface area contributed by atoms with Gasteiger partial charge in [-0.2, -0.15) is 0 Å². The summed E-state index contributed by atoms with van der Waals surface area (Å²) in [5, 5.41) is 11.2. The Balaban J connectivity index is 1.46. The largest absolute Gasteiger partial charge is 0.463 e. The average molecular weight is 560 g/mol. The van der Waals surface area contributed by atoms with Gasteiger partial charge in [-0.25, -0.2) is 9.79 Å². The standard InChI is InChI=1S/C28H21N3O8S/c1-3-36-27(33)24-15(2)29-28-30(25(24)17-7-9-21-22(12-17)38-14-37-21)26(32)23(40-28)13-19-8-10-20(39-19)16-5-4-6-18(11-16)31(34)35/h4-13,25H,3,14H2,1-2H3/b23-13-/t25-/m1/s1. The molecule has 0 saturated heterocycles. The zero-order chi connectivity index (χ0) is 28.0. The predicted molar refractivity (Wildman–Crippen MR) is 144 cm³/mol. The number of esters is 1. The highest BCUT2D eigenvalue weighted by Crippen LogP contribution is 2.38. The summed E-state index contributed by atoms with van der Waals surface area (Å²) < 4.78 is 24.0. The molecule has 0 bridgehead atoms. The lowest BCUT2D eigenvalue weighted by Crippen LogP contribution is -2.39. The first-order valence-corrected chi connectivity index (χ1v) is 13.1. The van der Waals surface area contributed by atoms with E-state index in [4.69, 9.17) is 18.6 Å². The van der Waals surface area contributed by atoms with Gasteiger partial charge >= 0.3 is 5.97 Å². The quantitative estimate of drug-likeness (QED) is 0.198. The number of hydrogen-bond donors (Lipinski definition) is 0. The van der Waals surface area contributed by atoms with Crippen molar-refractivity contribution in [2.24, 2.45) is 4.99 Å². The van der Waals surface area contributed by atoms with Crippen LogP contribution in [0.5, 0.6) is 11.5 Å². The van der Waals surface area contributed by atoms with Crippen LogP contribution in [0.15, 0.2) is 80.1 Å². The molecule has 202 valence electrons. The number of hydrogen-bond acceptors (Lipinski definition) is 10. The Labute approximate surface area is 230 Å². The maximum absolute atomic E-state index is 13.8. The fourth-order valence-electron chi connectivity index (χ4n) is 4.68. The van der Waals surface area contributed by atoms with E-state index in [9.17, 15) is 19.7 Å². The third-order valence-corrected chi connectivity index (χ3v) is 7.45. The number of benzene rings is 2. The highest BCUT2D eigenvalue weighted by molar-refractivity contribution is 7.07. The molecule has 1 atom stereocenters. The van der Waals surface area contributed by atoms with Gasteiger partial charge in [0.2, 0.25) is 6.79 Å². The van der Waals surface area contributed by atoms with Gasteiger partial charge in [0.15, 0.2) is 16.3 Å². The van der Waals surface area contributed by atoms with E-state index in [1.54, 1.807) is 62.4 Å². The number of ether oxygens (including phenoxy) is 3. The Morgan fingerprint density at radius 1 is 1.20 bits per heavy atom. The molecule has 0 aliphatic carbocycles. The van der Waals surface area contributed by atoms with E-state index in [1.165, 1.54) is 16.7 Å². The number of fused-ring (bicyclic) bond motifs is 2. The van der Waals surface area contributed by atoms with Crippen LogP contribution in [0.3, 0.4) is 0 Å². The van der Waals surface area contributed by atoms with E-state index in [1.807, 2.05) is 0 Å². The van der Waals surface area contributed by atoms with Gasteiger partial charge in [-0.05, 0) is 43.7 Å². The van der Waals surface area contributed by atoms with Gasteiger partial charge in [-0.3, -0.25) is 19.5 Å². The van der Waals surface area contributed by atoms with Gasteiger partial charge < -0.3 is 18.6 Å². The number of carbonyl (C=O) groups is 1. The smallest absolute Gasteiger partial charge is 0.338 e. The van der Waals surface area contributed by atoms with Crippen LogP contribution >= 0.6 is 11.3 Å². The molecule has 12 heteroatoms. The Morgan fingerprint density at radius 2 is 2.02 bits per heavy atom. The molecule has 11 nitrogen and oxygen atoms in total. The molecule has 4 aromatic rings. The van der Waals surface area contributed by atoms with Crippen LogP contribution in [0.1, 0.15) is 31.2 Å². The molecule has 0 saturated carbocycles. The van der Waals surface area contributed by atoms with Crippen molar-refractivity contribution in [1.29, 1.82) is 0 Å². The number of furan rings is 1. The van der Waals surface area contributed by atoms with Gasteiger partial charge in [0.1, 0.15) is 11.5 Å². The summed E-state index contributed by atoms with van der Waals surface area (Å²) >= 11 is 1.16. The van der Waals surface area contributed by atoms with Gasteiger partial charge in [-0.15, -0.1) is 0 Å². The van der Waals surface area contributed by atoms with Gasteiger partial charge in [0, 0.05) is 23.8 Å². The van der Waals surface area contributed by atoms with Crippen molar-refractivity contribution in [1.82, 2.24) is 4.57 Å². The number of thiazole rings is 1. The lowest BCUT2D eigenvalue weighted by atomic mass is 9.95. The van der Waals surface area contributed by atoms with Crippen LogP contribution in [-0.4, -0.2) is 28.9 Å². The topological polar surface area (TPSA) is 135 Å². The van der Waals surface area contributed by atoms with Gasteiger partial charge in [0.25, 0.3) is 11.2 Å². The van der Waals surface area contributed by atoms with Crippen molar-refractivity contribution in [3.63, 3.8) is 0 Å². The van der Waals surface area contributed by atoms with Crippen molar-refractivity contribution < 1.29 is 28.3 Å². The molecule has 6 rings (SSSR count). The summed E-state index contributed by atoms with van der Waals surface area (Å²) in [6.45, 7) is 3.67. The lowest BCUT2D eigenvalue weighted by molar-refractivity contribution is -0.384. The van der Waals surface area contributed by atoms with E-state index in [0.717, 1.165) is 11.3 Å². The van der Waals surface area contributed by atoms with E-state index < -0.39 is 16.9 Å². The third-order valence-electron chi connectivity index (χ3n) is 6.47. The maximum Gasteiger partial charge on any atom is 0.338 e. The first-order chi connectivity index (χ1) is 19.3. The number of non-ortho nitro benzene ring substituents is 1. The molecule has 0 amide bonds.